The van der Waals surface area contributed by atoms with E-state index in [0.717, 1.165) is 44.9 Å². The molecule has 4 saturated carbocycles. The van der Waals surface area contributed by atoms with Crippen LogP contribution in [0.4, 0.5) is 4.79 Å². The number of carbonyl (C=O) groups excluding carboxylic acids is 1. The maximum absolute atomic E-state index is 11.9. The van der Waals surface area contributed by atoms with Gasteiger partial charge >= 0.3 is 12.1 Å². The molecule has 0 radical (unpaired) electrons. The SMILES string of the molecule is CCCCOC(=O)NC(C)(C)CNC1C2CC3CC1CC(C(=O)O)(C3)C2. The van der Waals surface area contributed by atoms with Crippen molar-refractivity contribution in [3.63, 3.8) is 0 Å². The van der Waals surface area contributed by atoms with Gasteiger partial charge in [-0.25, -0.2) is 4.79 Å². The van der Waals surface area contributed by atoms with Crippen molar-refractivity contribution in [1.29, 1.82) is 0 Å². The molecule has 0 heterocycles. The second-order valence-electron chi connectivity index (χ2n) is 9.46. The first-order valence-electron chi connectivity index (χ1n) is 10.2. The topological polar surface area (TPSA) is 87.7 Å². The Hall–Kier alpha value is -1.30. The highest BCUT2D eigenvalue weighted by Crippen LogP contribution is 2.60. The van der Waals surface area contributed by atoms with E-state index in [1.807, 2.05) is 13.8 Å². The van der Waals surface area contributed by atoms with E-state index in [9.17, 15) is 14.7 Å². The van der Waals surface area contributed by atoms with Crippen LogP contribution in [-0.4, -0.2) is 41.9 Å². The van der Waals surface area contributed by atoms with Crippen LogP contribution in [0.2, 0.25) is 0 Å². The molecule has 0 saturated heterocycles. The summed E-state index contributed by atoms with van der Waals surface area (Å²) in [6, 6.07) is 0.371. The van der Waals surface area contributed by atoms with Crippen molar-refractivity contribution in [2.75, 3.05) is 13.2 Å². The lowest BCUT2D eigenvalue weighted by Crippen LogP contribution is -2.62. The summed E-state index contributed by atoms with van der Waals surface area (Å²) in [7, 11) is 0. The van der Waals surface area contributed by atoms with Crippen LogP contribution in [0.3, 0.4) is 0 Å². The van der Waals surface area contributed by atoms with E-state index in [1.165, 1.54) is 0 Å². The Kier molecular flexibility index (Phi) is 5.52. The molecule has 0 aromatic carbocycles. The minimum atomic E-state index is -0.591. The lowest BCUT2D eigenvalue weighted by Gasteiger charge is -2.58. The monoisotopic (exact) mass is 366 g/mol. The fourth-order valence-electron chi connectivity index (χ4n) is 5.66. The predicted octanol–water partition coefficient (Wildman–Crippen LogP) is 3.16. The molecule has 2 unspecified atom stereocenters. The Labute approximate surface area is 156 Å². The first-order valence-corrected chi connectivity index (χ1v) is 10.2. The normalized spacial score (nSPS) is 35.3. The van der Waals surface area contributed by atoms with Gasteiger partial charge in [0.2, 0.25) is 0 Å². The molecule has 3 N–H and O–H groups in total. The third kappa shape index (κ3) is 4.00. The fourth-order valence-corrected chi connectivity index (χ4v) is 5.66. The number of unbranched alkanes of at least 4 members (excludes halogenated alkanes) is 1. The van der Waals surface area contributed by atoms with E-state index in [1.54, 1.807) is 0 Å². The van der Waals surface area contributed by atoms with E-state index >= 15 is 0 Å². The van der Waals surface area contributed by atoms with Gasteiger partial charge in [0.25, 0.3) is 0 Å². The zero-order chi connectivity index (χ0) is 18.9. The summed E-state index contributed by atoms with van der Waals surface area (Å²) in [5, 5.41) is 16.3. The summed E-state index contributed by atoms with van der Waals surface area (Å²) in [4.78, 5) is 23.7. The van der Waals surface area contributed by atoms with Crippen molar-refractivity contribution in [3.05, 3.63) is 0 Å². The number of hydrogen-bond donors (Lipinski definition) is 3. The molecule has 6 heteroatoms. The van der Waals surface area contributed by atoms with Gasteiger partial charge < -0.3 is 20.5 Å². The van der Waals surface area contributed by atoms with Gasteiger partial charge in [0.1, 0.15) is 0 Å². The number of alkyl carbamates (subject to hydrolysis) is 1. The van der Waals surface area contributed by atoms with E-state index in [4.69, 9.17) is 4.74 Å². The van der Waals surface area contributed by atoms with Crippen LogP contribution in [0.5, 0.6) is 0 Å². The Morgan fingerprint density at radius 3 is 2.42 bits per heavy atom. The van der Waals surface area contributed by atoms with Gasteiger partial charge in [0.05, 0.1) is 17.6 Å². The largest absolute Gasteiger partial charge is 0.481 e. The van der Waals surface area contributed by atoms with Gasteiger partial charge in [-0.3, -0.25) is 4.79 Å². The van der Waals surface area contributed by atoms with Crippen LogP contribution < -0.4 is 10.6 Å². The molecule has 4 rings (SSSR count). The Morgan fingerprint density at radius 2 is 1.85 bits per heavy atom. The first-order chi connectivity index (χ1) is 12.2. The molecule has 0 aliphatic heterocycles. The molecular weight excluding hydrogens is 332 g/mol. The minimum absolute atomic E-state index is 0.361. The summed E-state index contributed by atoms with van der Waals surface area (Å²) in [6.07, 6.45) is 6.30. The molecule has 0 spiro atoms. The van der Waals surface area contributed by atoms with Crippen LogP contribution in [0.1, 0.15) is 65.7 Å². The highest BCUT2D eigenvalue weighted by Gasteiger charge is 2.58. The van der Waals surface area contributed by atoms with Crippen LogP contribution in [0, 0.1) is 23.2 Å². The number of rotatable bonds is 8. The van der Waals surface area contributed by atoms with Gasteiger partial charge in [-0.15, -0.1) is 0 Å². The number of carboxylic acid groups (broad SMARTS) is 1. The predicted molar refractivity (Wildman–Crippen MR) is 98.9 cm³/mol. The van der Waals surface area contributed by atoms with Gasteiger partial charge in [-0.2, -0.15) is 0 Å². The third-order valence-electron chi connectivity index (χ3n) is 6.68. The summed E-state index contributed by atoms with van der Waals surface area (Å²) in [5.41, 5.74) is -0.867. The average Bonchev–Trinajstić information content (AvgIpc) is 2.53. The second-order valence-corrected chi connectivity index (χ2v) is 9.46. The van der Waals surface area contributed by atoms with Gasteiger partial charge in [-0.1, -0.05) is 13.3 Å². The Bertz CT molecular complexity index is 532. The van der Waals surface area contributed by atoms with Gasteiger partial charge in [-0.05, 0) is 70.1 Å². The van der Waals surface area contributed by atoms with Crippen molar-refractivity contribution in [3.8, 4) is 0 Å². The highest BCUT2D eigenvalue weighted by molar-refractivity contribution is 5.75. The first kappa shape index (κ1) is 19.5. The van der Waals surface area contributed by atoms with E-state index in [0.29, 0.717) is 36.9 Å². The molecule has 1 amide bonds. The van der Waals surface area contributed by atoms with Crippen LogP contribution in [0.25, 0.3) is 0 Å². The number of carboxylic acids is 1. The van der Waals surface area contributed by atoms with Crippen molar-refractivity contribution >= 4 is 12.1 Å². The number of aliphatic carboxylic acids is 1. The van der Waals surface area contributed by atoms with Gasteiger partial charge in [0.15, 0.2) is 0 Å². The summed E-state index contributed by atoms with van der Waals surface area (Å²) >= 11 is 0. The van der Waals surface area contributed by atoms with E-state index in [2.05, 4.69) is 17.6 Å². The lowest BCUT2D eigenvalue weighted by atomic mass is 9.48. The zero-order valence-electron chi connectivity index (χ0n) is 16.3. The van der Waals surface area contributed by atoms with Crippen molar-refractivity contribution in [2.45, 2.75) is 77.3 Å². The number of amides is 1. The highest BCUT2D eigenvalue weighted by atomic mass is 16.5. The summed E-state index contributed by atoms with van der Waals surface area (Å²) in [5.74, 6) is 0.891. The van der Waals surface area contributed by atoms with Crippen molar-refractivity contribution < 1.29 is 19.4 Å². The maximum Gasteiger partial charge on any atom is 0.407 e. The molecule has 0 aromatic rings. The number of hydrogen-bond acceptors (Lipinski definition) is 4. The molecule has 6 nitrogen and oxygen atoms in total. The molecular formula is C20H34N2O4. The number of nitrogens with one attached hydrogen (secondary N) is 2. The Morgan fingerprint density at radius 1 is 1.19 bits per heavy atom. The molecule has 4 aliphatic rings. The smallest absolute Gasteiger partial charge is 0.407 e. The third-order valence-corrected chi connectivity index (χ3v) is 6.68. The van der Waals surface area contributed by atoms with Gasteiger partial charge in [0, 0.05) is 12.6 Å². The van der Waals surface area contributed by atoms with Crippen molar-refractivity contribution in [2.24, 2.45) is 23.2 Å². The average molecular weight is 367 g/mol. The minimum Gasteiger partial charge on any atom is -0.481 e. The second kappa shape index (κ2) is 7.37. The van der Waals surface area contributed by atoms with E-state index < -0.39 is 16.9 Å². The van der Waals surface area contributed by atoms with Crippen molar-refractivity contribution in [1.82, 2.24) is 10.6 Å². The standard InChI is InChI=1S/C20H34N2O4/c1-4-5-6-26-18(25)22-19(2,3)12-21-16-14-7-13-8-15(16)11-20(9-13,10-14)17(23)24/h13-16,21H,4-12H2,1-3H3,(H,22,25)(H,23,24). The molecule has 148 valence electrons. The zero-order valence-corrected chi connectivity index (χ0v) is 16.3. The molecule has 4 aliphatic carbocycles. The lowest BCUT2D eigenvalue weighted by molar-refractivity contribution is -0.167. The molecule has 4 bridgehead atoms. The molecule has 26 heavy (non-hydrogen) atoms. The summed E-state index contributed by atoms with van der Waals surface area (Å²) in [6.45, 7) is 7.18. The number of ether oxygens (including phenoxy) is 1. The van der Waals surface area contributed by atoms with E-state index in [-0.39, 0.29) is 6.09 Å². The van der Waals surface area contributed by atoms with Crippen LogP contribution in [-0.2, 0) is 9.53 Å². The fraction of sp³-hybridized carbons (Fsp3) is 0.900. The summed E-state index contributed by atoms with van der Waals surface area (Å²) < 4.78 is 5.20. The van der Waals surface area contributed by atoms with Crippen LogP contribution in [0.15, 0.2) is 0 Å². The maximum atomic E-state index is 11.9. The molecule has 0 aromatic heterocycles. The number of carbonyl (C=O) groups is 2. The molecule has 4 fully saturated rings. The Balaban J connectivity index is 1.52. The quantitative estimate of drug-likeness (QED) is 0.574. The van der Waals surface area contributed by atoms with Crippen LogP contribution >= 0.6 is 0 Å². The molecule has 2 atom stereocenters.